The SMILES string of the molecule is CC(C)Cn1cc(C=O)c(-c2cc(Br)ccc2F)n1. The summed E-state index contributed by atoms with van der Waals surface area (Å²) >= 11 is 3.30. The first-order valence-corrected chi connectivity index (χ1v) is 6.78. The quantitative estimate of drug-likeness (QED) is 0.799. The molecule has 0 aliphatic heterocycles. The standard InChI is InChI=1S/C14H14BrFN2O/c1-9(2)6-18-7-10(8-19)14(17-18)12-5-11(15)3-4-13(12)16/h3-5,7-9H,6H2,1-2H3. The van der Waals surface area contributed by atoms with E-state index in [-0.39, 0.29) is 5.82 Å². The fraction of sp³-hybridized carbons (Fsp3) is 0.286. The van der Waals surface area contributed by atoms with Crippen LogP contribution in [0.4, 0.5) is 4.39 Å². The summed E-state index contributed by atoms with van der Waals surface area (Å²) in [5, 5.41) is 4.32. The second kappa shape index (κ2) is 5.65. The Morgan fingerprint density at radius 2 is 2.21 bits per heavy atom. The first kappa shape index (κ1) is 13.9. The second-order valence-corrected chi connectivity index (χ2v) is 5.71. The molecule has 0 saturated heterocycles. The average molecular weight is 325 g/mol. The van der Waals surface area contributed by atoms with Crippen molar-refractivity contribution in [2.24, 2.45) is 5.92 Å². The molecule has 1 heterocycles. The number of benzene rings is 1. The van der Waals surface area contributed by atoms with Gasteiger partial charge in [-0.1, -0.05) is 29.8 Å². The Morgan fingerprint density at radius 3 is 2.84 bits per heavy atom. The predicted molar refractivity (Wildman–Crippen MR) is 75.5 cm³/mol. The Bertz CT molecular complexity index is 607. The molecule has 0 spiro atoms. The Kier molecular flexibility index (Phi) is 4.14. The second-order valence-electron chi connectivity index (χ2n) is 4.79. The van der Waals surface area contributed by atoms with E-state index in [1.54, 1.807) is 23.0 Å². The number of rotatable bonds is 4. The molecule has 0 fully saturated rings. The normalized spacial score (nSPS) is 11.0. The van der Waals surface area contributed by atoms with Gasteiger partial charge in [0.2, 0.25) is 0 Å². The molecule has 0 N–H and O–H groups in total. The summed E-state index contributed by atoms with van der Waals surface area (Å²) in [6.45, 7) is 4.81. The van der Waals surface area contributed by atoms with Crippen LogP contribution in [-0.2, 0) is 6.54 Å². The summed E-state index contributed by atoms with van der Waals surface area (Å²) < 4.78 is 16.3. The summed E-state index contributed by atoms with van der Waals surface area (Å²) in [4.78, 5) is 11.1. The molecule has 2 aromatic rings. The number of carbonyl (C=O) groups is 1. The van der Waals surface area contributed by atoms with Gasteiger partial charge in [0.05, 0.1) is 5.56 Å². The lowest BCUT2D eigenvalue weighted by molar-refractivity contribution is 0.112. The molecule has 100 valence electrons. The Hall–Kier alpha value is -1.49. The monoisotopic (exact) mass is 324 g/mol. The molecule has 0 saturated carbocycles. The molecule has 0 atom stereocenters. The fourth-order valence-electron chi connectivity index (χ4n) is 1.88. The van der Waals surface area contributed by atoms with Gasteiger partial charge in [-0.3, -0.25) is 9.48 Å². The van der Waals surface area contributed by atoms with Gasteiger partial charge < -0.3 is 0 Å². The lowest BCUT2D eigenvalue weighted by Crippen LogP contribution is -2.04. The van der Waals surface area contributed by atoms with Crippen LogP contribution >= 0.6 is 15.9 Å². The van der Waals surface area contributed by atoms with E-state index < -0.39 is 0 Å². The van der Waals surface area contributed by atoms with Crippen LogP contribution in [0, 0.1) is 11.7 Å². The van der Waals surface area contributed by atoms with Crippen molar-refractivity contribution in [2.75, 3.05) is 0 Å². The Balaban J connectivity index is 2.51. The van der Waals surface area contributed by atoms with E-state index in [1.807, 2.05) is 0 Å². The number of nitrogens with zero attached hydrogens (tertiary/aromatic N) is 2. The summed E-state index contributed by atoms with van der Waals surface area (Å²) in [6.07, 6.45) is 2.36. The van der Waals surface area contributed by atoms with Gasteiger partial charge in [0.25, 0.3) is 0 Å². The molecular formula is C14H14BrFN2O. The minimum atomic E-state index is -0.388. The molecule has 1 aromatic carbocycles. The zero-order chi connectivity index (χ0) is 14.0. The van der Waals surface area contributed by atoms with E-state index in [0.29, 0.717) is 35.6 Å². The van der Waals surface area contributed by atoms with Crippen molar-refractivity contribution in [3.63, 3.8) is 0 Å². The molecule has 0 amide bonds. The maximum atomic E-state index is 13.9. The Morgan fingerprint density at radius 1 is 1.47 bits per heavy atom. The van der Waals surface area contributed by atoms with Gasteiger partial charge in [-0.15, -0.1) is 0 Å². The van der Waals surface area contributed by atoms with Crippen LogP contribution in [0.25, 0.3) is 11.3 Å². The molecule has 1 aromatic heterocycles. The van der Waals surface area contributed by atoms with Gasteiger partial charge in [-0.25, -0.2) is 4.39 Å². The number of hydrogen-bond acceptors (Lipinski definition) is 2. The summed E-state index contributed by atoms with van der Waals surface area (Å²) in [5.41, 5.74) is 1.12. The highest BCUT2D eigenvalue weighted by Gasteiger charge is 2.15. The predicted octanol–water partition coefficient (Wildman–Crippen LogP) is 3.92. The molecule has 0 bridgehead atoms. The molecule has 2 rings (SSSR count). The van der Waals surface area contributed by atoms with E-state index >= 15 is 0 Å². The topological polar surface area (TPSA) is 34.9 Å². The highest BCUT2D eigenvalue weighted by molar-refractivity contribution is 9.10. The smallest absolute Gasteiger partial charge is 0.153 e. The van der Waals surface area contributed by atoms with Gasteiger partial charge in [-0.05, 0) is 24.1 Å². The first-order chi connectivity index (χ1) is 9.01. The minimum absolute atomic E-state index is 0.332. The van der Waals surface area contributed by atoms with Crippen LogP contribution < -0.4 is 0 Å². The highest BCUT2D eigenvalue weighted by Crippen LogP contribution is 2.27. The van der Waals surface area contributed by atoms with E-state index in [4.69, 9.17) is 0 Å². The average Bonchev–Trinajstić information content (AvgIpc) is 2.74. The van der Waals surface area contributed by atoms with Crippen LogP contribution in [0.2, 0.25) is 0 Å². The maximum absolute atomic E-state index is 13.9. The van der Waals surface area contributed by atoms with Crippen LogP contribution in [0.15, 0.2) is 28.9 Å². The van der Waals surface area contributed by atoms with E-state index in [0.717, 1.165) is 4.47 Å². The largest absolute Gasteiger partial charge is 0.298 e. The van der Waals surface area contributed by atoms with Crippen molar-refractivity contribution < 1.29 is 9.18 Å². The number of aldehydes is 1. The van der Waals surface area contributed by atoms with E-state index in [1.165, 1.54) is 6.07 Å². The van der Waals surface area contributed by atoms with Crippen molar-refractivity contribution >= 4 is 22.2 Å². The molecule has 0 radical (unpaired) electrons. The van der Waals surface area contributed by atoms with Crippen molar-refractivity contribution in [1.29, 1.82) is 0 Å². The van der Waals surface area contributed by atoms with Crippen molar-refractivity contribution in [2.45, 2.75) is 20.4 Å². The third-order valence-electron chi connectivity index (χ3n) is 2.65. The summed E-state index contributed by atoms with van der Waals surface area (Å²) in [7, 11) is 0. The highest BCUT2D eigenvalue weighted by atomic mass is 79.9. The van der Waals surface area contributed by atoms with Crippen LogP contribution in [-0.4, -0.2) is 16.1 Å². The van der Waals surface area contributed by atoms with Gasteiger partial charge in [0.1, 0.15) is 11.5 Å². The zero-order valence-corrected chi connectivity index (χ0v) is 12.3. The molecule has 0 unspecified atom stereocenters. The summed E-state index contributed by atoms with van der Waals surface area (Å²) in [5.74, 6) is 0.0145. The first-order valence-electron chi connectivity index (χ1n) is 5.99. The lowest BCUT2D eigenvalue weighted by atomic mass is 10.1. The molecule has 19 heavy (non-hydrogen) atoms. The van der Waals surface area contributed by atoms with Crippen molar-refractivity contribution in [3.05, 3.63) is 40.2 Å². The van der Waals surface area contributed by atoms with Crippen LogP contribution in [0.5, 0.6) is 0 Å². The third kappa shape index (κ3) is 3.10. The van der Waals surface area contributed by atoms with Gasteiger partial charge >= 0.3 is 0 Å². The van der Waals surface area contributed by atoms with E-state index in [2.05, 4.69) is 34.9 Å². The Labute approximate surface area is 119 Å². The van der Waals surface area contributed by atoms with Gasteiger partial charge in [0, 0.05) is 22.8 Å². The van der Waals surface area contributed by atoms with Gasteiger partial charge in [0.15, 0.2) is 6.29 Å². The molecule has 0 aliphatic carbocycles. The minimum Gasteiger partial charge on any atom is -0.298 e. The number of hydrogen-bond donors (Lipinski definition) is 0. The van der Waals surface area contributed by atoms with Crippen molar-refractivity contribution in [1.82, 2.24) is 9.78 Å². The fourth-order valence-corrected chi connectivity index (χ4v) is 2.24. The number of carbonyl (C=O) groups excluding carboxylic acids is 1. The zero-order valence-electron chi connectivity index (χ0n) is 10.7. The molecule has 0 aliphatic rings. The molecular weight excluding hydrogens is 311 g/mol. The number of aromatic nitrogens is 2. The molecule has 3 nitrogen and oxygen atoms in total. The van der Waals surface area contributed by atoms with Crippen LogP contribution in [0.1, 0.15) is 24.2 Å². The third-order valence-corrected chi connectivity index (χ3v) is 3.15. The van der Waals surface area contributed by atoms with Crippen molar-refractivity contribution in [3.8, 4) is 11.3 Å². The van der Waals surface area contributed by atoms with Crippen LogP contribution in [0.3, 0.4) is 0 Å². The van der Waals surface area contributed by atoms with E-state index in [9.17, 15) is 9.18 Å². The van der Waals surface area contributed by atoms with Gasteiger partial charge in [-0.2, -0.15) is 5.10 Å². The maximum Gasteiger partial charge on any atom is 0.153 e. The molecule has 5 heteroatoms. The summed E-state index contributed by atoms with van der Waals surface area (Å²) in [6, 6.07) is 4.60. The lowest BCUT2D eigenvalue weighted by Gasteiger charge is -2.04. The number of halogens is 2.